The van der Waals surface area contributed by atoms with Gasteiger partial charge in [0.15, 0.2) is 0 Å². The molecule has 134 valence electrons. The lowest BCUT2D eigenvalue weighted by atomic mass is 9.94. The summed E-state index contributed by atoms with van der Waals surface area (Å²) in [5.74, 6) is 1.13. The van der Waals surface area contributed by atoms with Crippen LogP contribution in [0.2, 0.25) is 0 Å². The summed E-state index contributed by atoms with van der Waals surface area (Å²) in [4.78, 5) is 12.6. The van der Waals surface area contributed by atoms with Gasteiger partial charge in [0, 0.05) is 5.69 Å². The molecule has 0 aromatic heterocycles. The minimum Gasteiger partial charge on any atom is -0.497 e. The molecule has 0 bridgehead atoms. The number of carbonyl (C=O) groups is 1. The van der Waals surface area contributed by atoms with Crippen LogP contribution in [0.4, 0.5) is 10.5 Å². The molecule has 0 saturated carbocycles. The summed E-state index contributed by atoms with van der Waals surface area (Å²) in [5, 5.41) is 6.09. The minimum atomic E-state index is -0.503. The summed E-state index contributed by atoms with van der Waals surface area (Å²) < 4.78 is 5.19. The Morgan fingerprint density at radius 2 is 1.72 bits per heavy atom. The quantitative estimate of drug-likeness (QED) is 0.787. The molecule has 2 rings (SSSR count). The van der Waals surface area contributed by atoms with Crippen LogP contribution in [0.3, 0.4) is 0 Å². The molecule has 0 radical (unpaired) electrons. The van der Waals surface area contributed by atoms with E-state index in [1.165, 1.54) is 0 Å². The molecule has 0 atom stereocenters. The fraction of sp³-hybridized carbons (Fsp3) is 0.381. The Hall–Kier alpha value is -2.49. The summed E-state index contributed by atoms with van der Waals surface area (Å²) in [6.07, 6.45) is 0. The van der Waals surface area contributed by atoms with E-state index in [0.29, 0.717) is 5.92 Å². The number of methoxy groups -OCH3 is 1. The van der Waals surface area contributed by atoms with Gasteiger partial charge in [-0.15, -0.1) is 0 Å². The summed E-state index contributed by atoms with van der Waals surface area (Å²) in [7, 11) is 1.64. The molecule has 0 saturated heterocycles. The van der Waals surface area contributed by atoms with E-state index < -0.39 is 5.54 Å². The van der Waals surface area contributed by atoms with Crippen LogP contribution >= 0.6 is 0 Å². The third kappa shape index (κ3) is 4.53. The van der Waals surface area contributed by atoms with Crippen molar-refractivity contribution in [1.29, 1.82) is 0 Å². The predicted molar refractivity (Wildman–Crippen MR) is 103 cm³/mol. The van der Waals surface area contributed by atoms with Crippen molar-refractivity contribution >= 4 is 11.7 Å². The molecule has 0 heterocycles. The molecule has 0 fully saturated rings. The number of urea groups is 1. The Kier molecular flexibility index (Phi) is 5.73. The average molecular weight is 340 g/mol. The standard InChI is InChI=1S/C21H28N2O2/c1-14(2)18-9-7-8-15(3)19(18)22-20(24)23-21(4,5)16-10-12-17(25-6)13-11-16/h7-14H,1-6H3,(H2,22,23,24). The maximum absolute atomic E-state index is 12.6. The first-order chi connectivity index (χ1) is 11.7. The second kappa shape index (κ2) is 7.60. The van der Waals surface area contributed by atoms with Crippen LogP contribution in [0.1, 0.15) is 50.3 Å². The molecule has 2 aromatic carbocycles. The number of carbonyl (C=O) groups excluding carboxylic acids is 1. The zero-order valence-electron chi connectivity index (χ0n) is 15.9. The lowest BCUT2D eigenvalue weighted by Gasteiger charge is -2.28. The number of hydrogen-bond acceptors (Lipinski definition) is 2. The van der Waals surface area contributed by atoms with E-state index in [1.807, 2.05) is 57.2 Å². The van der Waals surface area contributed by atoms with Gasteiger partial charge in [0.1, 0.15) is 5.75 Å². The van der Waals surface area contributed by atoms with Gasteiger partial charge in [-0.3, -0.25) is 0 Å². The van der Waals surface area contributed by atoms with E-state index in [4.69, 9.17) is 4.74 Å². The van der Waals surface area contributed by atoms with Gasteiger partial charge in [0.2, 0.25) is 0 Å². The largest absolute Gasteiger partial charge is 0.497 e. The van der Waals surface area contributed by atoms with Crippen molar-refractivity contribution in [2.75, 3.05) is 12.4 Å². The fourth-order valence-electron chi connectivity index (χ4n) is 2.85. The van der Waals surface area contributed by atoms with Crippen LogP contribution in [-0.2, 0) is 5.54 Å². The highest BCUT2D eigenvalue weighted by Gasteiger charge is 2.23. The van der Waals surface area contributed by atoms with Gasteiger partial charge in [-0.2, -0.15) is 0 Å². The van der Waals surface area contributed by atoms with Gasteiger partial charge < -0.3 is 15.4 Å². The lowest BCUT2D eigenvalue weighted by molar-refractivity contribution is 0.242. The number of anilines is 1. The smallest absolute Gasteiger partial charge is 0.319 e. The minimum absolute atomic E-state index is 0.211. The number of hydrogen-bond donors (Lipinski definition) is 2. The van der Waals surface area contributed by atoms with Crippen molar-refractivity contribution in [2.45, 2.75) is 46.1 Å². The Morgan fingerprint density at radius 3 is 2.28 bits per heavy atom. The van der Waals surface area contributed by atoms with Crippen molar-refractivity contribution in [1.82, 2.24) is 5.32 Å². The molecule has 0 aliphatic heterocycles. The van der Waals surface area contributed by atoms with E-state index in [9.17, 15) is 4.79 Å². The number of amides is 2. The highest BCUT2D eigenvalue weighted by molar-refractivity contribution is 5.91. The normalized spacial score (nSPS) is 11.3. The molecule has 0 aliphatic rings. The number of rotatable bonds is 5. The number of benzene rings is 2. The monoisotopic (exact) mass is 340 g/mol. The first-order valence-electron chi connectivity index (χ1n) is 8.58. The zero-order chi connectivity index (χ0) is 18.6. The van der Waals surface area contributed by atoms with Gasteiger partial charge in [-0.25, -0.2) is 4.79 Å². The van der Waals surface area contributed by atoms with Crippen molar-refractivity contribution in [3.63, 3.8) is 0 Å². The third-order valence-corrected chi connectivity index (χ3v) is 4.40. The fourth-order valence-corrected chi connectivity index (χ4v) is 2.85. The highest BCUT2D eigenvalue weighted by Crippen LogP contribution is 2.28. The average Bonchev–Trinajstić information content (AvgIpc) is 2.56. The van der Waals surface area contributed by atoms with Crippen LogP contribution in [0.15, 0.2) is 42.5 Å². The summed E-state index contributed by atoms with van der Waals surface area (Å²) in [6.45, 7) is 10.2. The number of nitrogens with one attached hydrogen (secondary N) is 2. The van der Waals surface area contributed by atoms with Crippen molar-refractivity contribution in [3.8, 4) is 5.75 Å². The van der Waals surface area contributed by atoms with Crippen LogP contribution in [0, 0.1) is 6.92 Å². The first kappa shape index (κ1) is 18.8. The first-order valence-corrected chi connectivity index (χ1v) is 8.58. The van der Waals surface area contributed by atoms with Crippen LogP contribution in [-0.4, -0.2) is 13.1 Å². The number of aryl methyl sites for hydroxylation is 1. The lowest BCUT2D eigenvalue weighted by Crippen LogP contribution is -2.43. The molecule has 2 N–H and O–H groups in total. The molecule has 0 aliphatic carbocycles. The molecular formula is C21H28N2O2. The molecule has 25 heavy (non-hydrogen) atoms. The van der Waals surface area contributed by atoms with Crippen LogP contribution < -0.4 is 15.4 Å². The molecule has 4 heteroatoms. The maximum Gasteiger partial charge on any atom is 0.319 e. The van der Waals surface area contributed by atoms with Crippen LogP contribution in [0.5, 0.6) is 5.75 Å². The van der Waals surface area contributed by atoms with E-state index in [1.54, 1.807) is 7.11 Å². The number of para-hydroxylation sites is 1. The van der Waals surface area contributed by atoms with Crippen molar-refractivity contribution < 1.29 is 9.53 Å². The van der Waals surface area contributed by atoms with Gasteiger partial charge in [0.25, 0.3) is 0 Å². The summed E-state index contributed by atoms with van der Waals surface area (Å²) in [6, 6.07) is 13.6. The van der Waals surface area contributed by atoms with Gasteiger partial charge >= 0.3 is 6.03 Å². The Labute approximate surface area is 150 Å². The Morgan fingerprint density at radius 1 is 1.08 bits per heavy atom. The van der Waals surface area contributed by atoms with Gasteiger partial charge in [0.05, 0.1) is 12.6 Å². The van der Waals surface area contributed by atoms with Crippen molar-refractivity contribution in [2.24, 2.45) is 0 Å². The molecule has 4 nitrogen and oxygen atoms in total. The van der Waals surface area contributed by atoms with E-state index in [2.05, 4.69) is 30.5 Å². The molecule has 2 amide bonds. The van der Waals surface area contributed by atoms with Crippen molar-refractivity contribution in [3.05, 3.63) is 59.2 Å². The zero-order valence-corrected chi connectivity index (χ0v) is 15.9. The van der Waals surface area contributed by atoms with Gasteiger partial charge in [-0.1, -0.05) is 44.2 Å². The molecule has 0 unspecified atom stereocenters. The molecular weight excluding hydrogens is 312 g/mol. The van der Waals surface area contributed by atoms with E-state index in [0.717, 1.165) is 28.1 Å². The summed E-state index contributed by atoms with van der Waals surface area (Å²) in [5.41, 5.74) is 3.59. The van der Waals surface area contributed by atoms with Crippen LogP contribution in [0.25, 0.3) is 0 Å². The Bertz CT molecular complexity index is 734. The topological polar surface area (TPSA) is 50.4 Å². The van der Waals surface area contributed by atoms with E-state index in [-0.39, 0.29) is 6.03 Å². The SMILES string of the molecule is COc1ccc(C(C)(C)NC(=O)Nc2c(C)cccc2C(C)C)cc1. The van der Waals surface area contributed by atoms with Gasteiger partial charge in [-0.05, 0) is 55.5 Å². The summed E-state index contributed by atoms with van der Waals surface area (Å²) >= 11 is 0. The number of ether oxygens (including phenoxy) is 1. The van der Waals surface area contributed by atoms with E-state index >= 15 is 0 Å². The maximum atomic E-state index is 12.6. The Balaban J connectivity index is 2.16. The third-order valence-electron chi connectivity index (χ3n) is 4.40. The second-order valence-electron chi connectivity index (χ2n) is 7.13. The second-order valence-corrected chi connectivity index (χ2v) is 7.13. The molecule has 2 aromatic rings. The predicted octanol–water partition coefficient (Wildman–Crippen LogP) is 5.18. The highest BCUT2D eigenvalue weighted by atomic mass is 16.5. The molecule has 0 spiro atoms.